The maximum atomic E-state index is 13.4. The summed E-state index contributed by atoms with van der Waals surface area (Å²) in [6.07, 6.45) is 0.925. The summed E-state index contributed by atoms with van der Waals surface area (Å²) in [7, 11) is 2.82. The summed E-state index contributed by atoms with van der Waals surface area (Å²) >= 11 is 0. The topological polar surface area (TPSA) is 364 Å². The molecule has 0 heterocycles. The molecule has 3 amide bonds. The van der Waals surface area contributed by atoms with Gasteiger partial charge < -0.3 is 37.2 Å². The summed E-state index contributed by atoms with van der Waals surface area (Å²) in [6, 6.07) is 9.02. The number of rotatable bonds is 8. The molecule has 5 aromatic carbocycles. The van der Waals surface area contributed by atoms with E-state index in [1.54, 1.807) is 0 Å². The molecule has 0 unspecified atom stereocenters. The fourth-order valence-corrected chi connectivity index (χ4v) is 4.38. The molecule has 5 aromatic rings. The number of nitrogen functional groups attached to an aromatic ring is 1. The highest BCUT2D eigenvalue weighted by Gasteiger charge is 2.26. The van der Waals surface area contributed by atoms with Gasteiger partial charge in [0.15, 0.2) is 11.6 Å². The van der Waals surface area contributed by atoms with E-state index in [0.29, 0.717) is 30.3 Å². The SMILES string of the molecule is CC(=O)Nc1c(F)ccc(N)c1F.CC(=O)Nc1c(F)ccc([N+](=O)[O-])c1F.CC(=O)O.CNc1ccc(F)c(NC(C)=O)c1F.CS(=O)(=O)Cl.O=C(O)c1c(F)ccc([N+](=O)[O-])c1F.O=[N+]([O-])c1ccc(F)cc1F. The number of nitro groups is 3. The van der Waals surface area contributed by atoms with Gasteiger partial charge in [-0.05, 0) is 42.5 Å². The molecular formula is C41H37ClF10N8O15S. The summed E-state index contributed by atoms with van der Waals surface area (Å²) < 4.78 is 148. The van der Waals surface area contributed by atoms with Gasteiger partial charge in [0.2, 0.25) is 44.2 Å². The zero-order valence-corrected chi connectivity index (χ0v) is 40.6. The van der Waals surface area contributed by atoms with Crippen molar-refractivity contribution in [2.75, 3.05) is 40.3 Å². The van der Waals surface area contributed by atoms with Crippen molar-refractivity contribution in [3.63, 3.8) is 0 Å². The van der Waals surface area contributed by atoms with Crippen LogP contribution in [0.1, 0.15) is 38.1 Å². The molecule has 0 aromatic heterocycles. The van der Waals surface area contributed by atoms with E-state index in [1.165, 1.54) is 20.0 Å². The normalized spacial score (nSPS) is 9.70. The van der Waals surface area contributed by atoms with Gasteiger partial charge in [0.25, 0.3) is 5.97 Å². The van der Waals surface area contributed by atoms with Crippen molar-refractivity contribution in [1.29, 1.82) is 0 Å². The summed E-state index contributed by atoms with van der Waals surface area (Å²) in [4.78, 5) is 78.5. The number of benzene rings is 5. The highest BCUT2D eigenvalue weighted by atomic mass is 35.7. The third-order valence-electron chi connectivity index (χ3n) is 7.24. The zero-order chi connectivity index (χ0) is 59.7. The van der Waals surface area contributed by atoms with Gasteiger partial charge in [-0.3, -0.25) is 49.5 Å². The van der Waals surface area contributed by atoms with Crippen LogP contribution >= 0.6 is 10.7 Å². The fourth-order valence-electron chi connectivity index (χ4n) is 4.38. The number of carboxylic acids is 2. The summed E-state index contributed by atoms with van der Waals surface area (Å²) in [5.74, 6) is -15.4. The Kier molecular flexibility index (Phi) is 29.1. The summed E-state index contributed by atoms with van der Waals surface area (Å²) in [5, 5.41) is 54.7. The number of amides is 3. The second-order valence-electron chi connectivity index (χ2n) is 13.3. The van der Waals surface area contributed by atoms with Gasteiger partial charge in [0.05, 0.1) is 32.4 Å². The van der Waals surface area contributed by atoms with Crippen LogP contribution in [-0.2, 0) is 28.2 Å². The highest BCUT2D eigenvalue weighted by molar-refractivity contribution is 8.13. The molecule has 35 heteroatoms. The third-order valence-corrected chi connectivity index (χ3v) is 7.24. The predicted octanol–water partition coefficient (Wildman–Crippen LogP) is 9.02. The van der Waals surface area contributed by atoms with Gasteiger partial charge in [-0.25, -0.2) is 43.9 Å². The Labute approximate surface area is 424 Å². The summed E-state index contributed by atoms with van der Waals surface area (Å²) in [6.45, 7) is 4.46. The van der Waals surface area contributed by atoms with Gasteiger partial charge in [0, 0.05) is 69.7 Å². The maximum Gasteiger partial charge on any atom is 0.341 e. The Morgan fingerprint density at radius 1 is 0.539 bits per heavy atom. The van der Waals surface area contributed by atoms with Crippen molar-refractivity contribution in [3.05, 3.63) is 161 Å². The number of carbonyl (C=O) groups is 5. The third kappa shape index (κ3) is 25.4. The molecule has 23 nitrogen and oxygen atoms in total. The van der Waals surface area contributed by atoms with Crippen LogP contribution in [0.5, 0.6) is 0 Å². The van der Waals surface area contributed by atoms with Crippen molar-refractivity contribution in [2.24, 2.45) is 0 Å². The van der Waals surface area contributed by atoms with Crippen LogP contribution in [0.3, 0.4) is 0 Å². The average molecular weight is 1140 g/mol. The molecule has 0 fully saturated rings. The second kappa shape index (κ2) is 32.1. The Hall–Kier alpha value is -9.21. The minimum absolute atomic E-state index is 0.134. The largest absolute Gasteiger partial charge is 0.481 e. The van der Waals surface area contributed by atoms with E-state index in [2.05, 4.69) is 21.3 Å². The second-order valence-corrected chi connectivity index (χ2v) is 16.3. The van der Waals surface area contributed by atoms with E-state index >= 15 is 0 Å². The first kappa shape index (κ1) is 68.9. The predicted molar refractivity (Wildman–Crippen MR) is 250 cm³/mol. The molecule has 0 spiro atoms. The van der Waals surface area contributed by atoms with Crippen LogP contribution in [0.2, 0.25) is 0 Å². The molecule has 0 aliphatic rings. The van der Waals surface area contributed by atoms with E-state index in [4.69, 9.17) is 20.7 Å². The number of nitrogens with zero attached hydrogens (tertiary/aromatic N) is 3. The quantitative estimate of drug-likeness (QED) is 0.0250. The number of carboxylic acid groups (broad SMARTS) is 2. The van der Waals surface area contributed by atoms with Gasteiger partial charge in [-0.2, -0.15) is 13.2 Å². The number of aromatic carboxylic acids is 1. The Balaban J connectivity index is 0. The minimum atomic E-state index is -3.19. The number of carbonyl (C=O) groups excluding carboxylic acids is 3. The molecule has 76 heavy (non-hydrogen) atoms. The Bertz CT molecular complexity index is 3080. The molecule has 5 rings (SSSR count). The van der Waals surface area contributed by atoms with Crippen LogP contribution in [0.25, 0.3) is 0 Å². The van der Waals surface area contributed by atoms with Crippen molar-refractivity contribution >= 4 is 94.9 Å². The van der Waals surface area contributed by atoms with Crippen LogP contribution in [0, 0.1) is 88.5 Å². The summed E-state index contributed by atoms with van der Waals surface area (Å²) in [5.41, 5.74) is -0.630. The molecular weight excluding hydrogens is 1100 g/mol. The Morgan fingerprint density at radius 2 is 0.868 bits per heavy atom. The molecule has 0 atom stereocenters. The number of halogens is 11. The lowest BCUT2D eigenvalue weighted by Crippen LogP contribution is -2.10. The first-order valence-corrected chi connectivity index (χ1v) is 21.9. The van der Waals surface area contributed by atoms with Crippen LogP contribution in [-0.4, -0.2) is 76.4 Å². The molecule has 0 aliphatic carbocycles. The number of nitrogens with one attached hydrogen (secondary N) is 4. The van der Waals surface area contributed by atoms with E-state index < -0.39 is 151 Å². The van der Waals surface area contributed by atoms with Crippen molar-refractivity contribution in [2.45, 2.75) is 27.7 Å². The number of anilines is 5. The Morgan fingerprint density at radius 3 is 1.22 bits per heavy atom. The van der Waals surface area contributed by atoms with Gasteiger partial charge in [-0.15, -0.1) is 0 Å². The minimum Gasteiger partial charge on any atom is -0.481 e. The van der Waals surface area contributed by atoms with Crippen molar-refractivity contribution in [1.82, 2.24) is 0 Å². The standard InChI is InChI=1S/C9H10F2N2O.C8H6F2N2O3.C8H8F2N2O.C7H3F2NO4.C6H3F2NO2.C2H4O2.CH3ClO2S/c1-5(14)13-9-6(10)3-4-7(12-2)8(9)11;1-4(13)11-8-5(9)2-3-6(7(8)10)12(14)15;1-4(13)12-8-5(9)2-3-6(11)7(8)10;8-3-1-2-4(10(13)14)6(9)5(3)7(11)12;7-4-1-2-6(9(10)11)5(8)3-4;1-2(3)4;1-5(2,3)4/h3-4,12H,1-2H3,(H,13,14);2-3H,1H3,(H,11,13);2-3H,11H2,1H3,(H,12,13);1-2H,(H,11,12);1-3H;1H3,(H,3,4);1H3. The maximum absolute atomic E-state index is 13.4. The number of nitro benzene ring substituents is 3. The lowest BCUT2D eigenvalue weighted by atomic mass is 10.2. The molecule has 8 N–H and O–H groups in total. The van der Waals surface area contributed by atoms with Crippen LogP contribution in [0.15, 0.2) is 66.7 Å². The van der Waals surface area contributed by atoms with E-state index in [0.717, 1.165) is 57.4 Å². The van der Waals surface area contributed by atoms with E-state index in [9.17, 15) is 102 Å². The molecule has 414 valence electrons. The monoisotopic (exact) mass is 1140 g/mol. The number of hydrogen-bond acceptors (Lipinski definition) is 15. The van der Waals surface area contributed by atoms with Gasteiger partial charge in [0.1, 0.15) is 51.7 Å². The highest BCUT2D eigenvalue weighted by Crippen LogP contribution is 2.28. The van der Waals surface area contributed by atoms with Crippen molar-refractivity contribution < 1.29 is 101 Å². The first-order chi connectivity index (χ1) is 34.8. The molecule has 0 saturated heterocycles. The molecule has 0 radical (unpaired) electrons. The van der Waals surface area contributed by atoms with E-state index in [-0.39, 0.29) is 11.4 Å². The van der Waals surface area contributed by atoms with Gasteiger partial charge >= 0.3 is 23.0 Å². The molecule has 0 aliphatic heterocycles. The average Bonchev–Trinajstić information content (AvgIpc) is 3.26. The number of nitrogens with two attached hydrogens (primary N) is 1. The smallest absolute Gasteiger partial charge is 0.341 e. The first-order valence-electron chi connectivity index (χ1n) is 19.2. The number of hydrogen-bond donors (Lipinski definition) is 7. The van der Waals surface area contributed by atoms with E-state index in [1.807, 2.05) is 10.6 Å². The zero-order valence-electron chi connectivity index (χ0n) is 39.0. The molecule has 0 saturated carbocycles. The lowest BCUT2D eigenvalue weighted by Gasteiger charge is -2.08. The molecule has 0 bridgehead atoms. The van der Waals surface area contributed by atoms with Gasteiger partial charge in [-0.1, -0.05) is 0 Å². The van der Waals surface area contributed by atoms with Crippen molar-refractivity contribution in [3.8, 4) is 0 Å². The fraction of sp³-hybridized carbons (Fsp3) is 0.146. The lowest BCUT2D eigenvalue weighted by molar-refractivity contribution is -0.387. The van der Waals surface area contributed by atoms with Crippen LogP contribution in [0.4, 0.5) is 89.4 Å². The number of aliphatic carboxylic acids is 1. The van der Waals surface area contributed by atoms with Crippen LogP contribution < -0.4 is 27.0 Å².